The first-order valence-corrected chi connectivity index (χ1v) is 8.16. The van der Waals surface area contributed by atoms with Gasteiger partial charge in [0.2, 0.25) is 5.91 Å². The van der Waals surface area contributed by atoms with Crippen LogP contribution in [0.5, 0.6) is 0 Å². The van der Waals surface area contributed by atoms with Crippen molar-refractivity contribution < 1.29 is 14.3 Å². The number of nitrogens with zero attached hydrogens (tertiary/aromatic N) is 2. The second-order valence-corrected chi connectivity index (χ2v) is 6.55. The number of piperidine rings is 1. The maximum Gasteiger partial charge on any atom is 0.323 e. The molecule has 6 nitrogen and oxygen atoms in total. The molecule has 0 spiro atoms. The van der Waals surface area contributed by atoms with Crippen molar-refractivity contribution in [1.29, 1.82) is 0 Å². The highest BCUT2D eigenvalue weighted by atomic mass is 32.1. The Morgan fingerprint density at radius 3 is 3.10 bits per heavy atom. The van der Waals surface area contributed by atoms with Gasteiger partial charge in [0.15, 0.2) is 5.13 Å². The van der Waals surface area contributed by atoms with E-state index in [1.807, 2.05) is 12.3 Å². The number of carbonyl (C=O) groups excluding carboxylic acids is 2. The minimum Gasteiger partial charge on any atom is -0.461 e. The Morgan fingerprint density at radius 1 is 1.57 bits per heavy atom. The molecule has 0 radical (unpaired) electrons. The lowest BCUT2D eigenvalue weighted by molar-refractivity contribution is -0.145. The number of ether oxygens (including phenoxy) is 1. The average molecular weight is 309 g/mol. The predicted octanol–water partition coefficient (Wildman–Crippen LogP) is 1.50. The highest BCUT2D eigenvalue weighted by Gasteiger charge is 2.39. The molecule has 3 heterocycles. The van der Waals surface area contributed by atoms with E-state index in [2.05, 4.69) is 15.2 Å². The fraction of sp³-hybridized carbons (Fsp3) is 0.643. The molecule has 0 unspecified atom stereocenters. The molecule has 2 aliphatic rings. The van der Waals surface area contributed by atoms with Crippen LogP contribution in [0.1, 0.15) is 26.2 Å². The van der Waals surface area contributed by atoms with Gasteiger partial charge >= 0.3 is 5.97 Å². The summed E-state index contributed by atoms with van der Waals surface area (Å²) < 4.78 is 5.22. The Balaban J connectivity index is 1.60. The topological polar surface area (TPSA) is 71.5 Å². The van der Waals surface area contributed by atoms with Crippen LogP contribution in [0, 0.1) is 5.92 Å². The van der Waals surface area contributed by atoms with E-state index in [0.29, 0.717) is 11.7 Å². The molecule has 0 aromatic carbocycles. The van der Waals surface area contributed by atoms with Crippen LogP contribution in [0.3, 0.4) is 0 Å². The van der Waals surface area contributed by atoms with Crippen molar-refractivity contribution in [2.75, 3.05) is 18.4 Å². The minimum atomic E-state index is -0.185. The van der Waals surface area contributed by atoms with Gasteiger partial charge in [0.1, 0.15) is 12.1 Å². The zero-order chi connectivity index (χ0) is 14.8. The molecule has 21 heavy (non-hydrogen) atoms. The first-order valence-electron chi connectivity index (χ1n) is 7.28. The molecule has 1 aromatic rings. The number of cyclic esters (lactones) is 1. The number of nitrogens with one attached hydrogen (secondary N) is 1. The van der Waals surface area contributed by atoms with Gasteiger partial charge in [-0.15, -0.1) is 11.3 Å². The summed E-state index contributed by atoms with van der Waals surface area (Å²) in [6, 6.07) is -0.185. The van der Waals surface area contributed by atoms with Gasteiger partial charge in [-0.1, -0.05) is 0 Å². The largest absolute Gasteiger partial charge is 0.461 e. The predicted molar refractivity (Wildman–Crippen MR) is 79.0 cm³/mol. The van der Waals surface area contributed by atoms with Gasteiger partial charge in [-0.3, -0.25) is 14.5 Å². The van der Waals surface area contributed by atoms with E-state index < -0.39 is 0 Å². The minimum absolute atomic E-state index is 0.00550. The summed E-state index contributed by atoms with van der Waals surface area (Å²) in [5.74, 6) is -0.246. The van der Waals surface area contributed by atoms with Crippen LogP contribution in [0.25, 0.3) is 0 Å². The Morgan fingerprint density at radius 2 is 2.43 bits per heavy atom. The molecule has 7 heteroatoms. The van der Waals surface area contributed by atoms with Gasteiger partial charge in [0, 0.05) is 24.5 Å². The van der Waals surface area contributed by atoms with Crippen molar-refractivity contribution in [2.45, 2.75) is 38.3 Å². The molecular weight excluding hydrogens is 290 g/mol. The van der Waals surface area contributed by atoms with Crippen LogP contribution in [0.2, 0.25) is 0 Å². The number of hydrogen-bond acceptors (Lipinski definition) is 6. The lowest BCUT2D eigenvalue weighted by Gasteiger charge is -2.34. The number of hydrogen-bond donors (Lipinski definition) is 1. The van der Waals surface area contributed by atoms with E-state index in [0.717, 1.165) is 25.8 Å². The van der Waals surface area contributed by atoms with Crippen molar-refractivity contribution >= 4 is 28.3 Å². The van der Waals surface area contributed by atoms with Gasteiger partial charge < -0.3 is 10.1 Å². The van der Waals surface area contributed by atoms with Gasteiger partial charge in [0.25, 0.3) is 0 Å². The number of likely N-dealkylation sites (tertiary alicyclic amines) is 1. The highest BCUT2D eigenvalue weighted by molar-refractivity contribution is 7.13. The van der Waals surface area contributed by atoms with E-state index in [9.17, 15) is 9.59 Å². The summed E-state index contributed by atoms with van der Waals surface area (Å²) in [4.78, 5) is 30.3. The van der Waals surface area contributed by atoms with E-state index in [-0.39, 0.29) is 29.9 Å². The normalized spacial score (nSPS) is 30.1. The zero-order valence-corrected chi connectivity index (χ0v) is 12.8. The second-order valence-electron chi connectivity index (χ2n) is 5.66. The molecule has 114 valence electrons. The Hall–Kier alpha value is -1.47. The summed E-state index contributed by atoms with van der Waals surface area (Å²) in [6.07, 6.45) is 4.15. The highest BCUT2D eigenvalue weighted by Crippen LogP contribution is 2.26. The maximum atomic E-state index is 12.3. The Labute approximate surface area is 127 Å². The number of aromatic nitrogens is 1. The number of esters is 1. The number of thiazole rings is 1. The van der Waals surface area contributed by atoms with Crippen molar-refractivity contribution in [3.05, 3.63) is 11.6 Å². The van der Waals surface area contributed by atoms with Gasteiger partial charge in [-0.2, -0.15) is 0 Å². The second kappa shape index (κ2) is 6.11. The van der Waals surface area contributed by atoms with Gasteiger partial charge in [-0.05, 0) is 26.3 Å². The molecule has 0 aliphatic carbocycles. The van der Waals surface area contributed by atoms with Crippen LogP contribution in [0.15, 0.2) is 11.6 Å². The van der Waals surface area contributed by atoms with Crippen molar-refractivity contribution in [3.63, 3.8) is 0 Å². The lowest BCUT2D eigenvalue weighted by atomic mass is 9.95. The van der Waals surface area contributed by atoms with E-state index in [4.69, 9.17) is 4.74 Å². The molecule has 0 saturated carbocycles. The van der Waals surface area contributed by atoms with Crippen LogP contribution in [-0.4, -0.2) is 47.0 Å². The van der Waals surface area contributed by atoms with E-state index in [1.54, 1.807) is 6.20 Å². The molecule has 2 saturated heterocycles. The summed E-state index contributed by atoms with van der Waals surface area (Å²) in [7, 11) is 0. The number of anilines is 1. The van der Waals surface area contributed by atoms with Crippen LogP contribution in [-0.2, 0) is 14.3 Å². The summed E-state index contributed by atoms with van der Waals surface area (Å²) >= 11 is 1.41. The van der Waals surface area contributed by atoms with Crippen LogP contribution >= 0.6 is 11.3 Å². The Bertz CT molecular complexity index is 520. The molecule has 3 rings (SSSR count). The molecule has 1 N–H and O–H groups in total. The van der Waals surface area contributed by atoms with Crippen molar-refractivity contribution in [2.24, 2.45) is 5.92 Å². The zero-order valence-electron chi connectivity index (χ0n) is 11.9. The molecule has 1 amide bonds. The summed E-state index contributed by atoms with van der Waals surface area (Å²) in [5, 5.41) is 5.31. The van der Waals surface area contributed by atoms with Crippen LogP contribution < -0.4 is 5.32 Å². The molecule has 2 fully saturated rings. The molecule has 1 aromatic heterocycles. The molecule has 2 aliphatic heterocycles. The molecule has 3 atom stereocenters. The third-order valence-electron chi connectivity index (χ3n) is 4.07. The third kappa shape index (κ3) is 3.24. The third-order valence-corrected chi connectivity index (χ3v) is 4.76. The summed E-state index contributed by atoms with van der Waals surface area (Å²) in [6.45, 7) is 3.38. The first kappa shape index (κ1) is 14.5. The van der Waals surface area contributed by atoms with E-state index >= 15 is 0 Å². The standard InChI is InChI=1S/C14H19N3O3S/c1-9-7-11(13(19)20-9)17-5-2-3-10(8-17)12(18)16-14-15-4-6-21-14/h4,6,9-11H,2-3,5,7-8H2,1H3,(H,15,16,18)/t9-,10+,11-/m1/s1. The quantitative estimate of drug-likeness (QED) is 0.857. The molecule has 0 bridgehead atoms. The van der Waals surface area contributed by atoms with Crippen molar-refractivity contribution in [1.82, 2.24) is 9.88 Å². The van der Waals surface area contributed by atoms with Crippen molar-refractivity contribution in [3.8, 4) is 0 Å². The fourth-order valence-corrected chi connectivity index (χ4v) is 3.56. The average Bonchev–Trinajstić information content (AvgIpc) is 3.08. The Kier molecular flexibility index (Phi) is 4.21. The monoisotopic (exact) mass is 309 g/mol. The fourth-order valence-electron chi connectivity index (χ4n) is 3.03. The smallest absolute Gasteiger partial charge is 0.323 e. The molecular formula is C14H19N3O3S. The SMILES string of the molecule is C[C@@H]1C[C@@H](N2CCC[C@H](C(=O)Nc3nccs3)C2)C(=O)O1. The number of amides is 1. The number of rotatable bonds is 3. The van der Waals surface area contributed by atoms with Crippen LogP contribution in [0.4, 0.5) is 5.13 Å². The van der Waals surface area contributed by atoms with Gasteiger partial charge in [0.05, 0.1) is 5.92 Å². The summed E-state index contributed by atoms with van der Waals surface area (Å²) in [5.41, 5.74) is 0. The maximum absolute atomic E-state index is 12.3. The first-order chi connectivity index (χ1) is 10.1. The van der Waals surface area contributed by atoms with E-state index in [1.165, 1.54) is 11.3 Å². The lowest BCUT2D eigenvalue weighted by Crippen LogP contribution is -2.47. The number of carbonyl (C=O) groups is 2. The van der Waals surface area contributed by atoms with Gasteiger partial charge in [-0.25, -0.2) is 4.98 Å².